The molecule has 0 aliphatic heterocycles. The lowest BCUT2D eigenvalue weighted by Crippen LogP contribution is -2.38. The second-order valence-corrected chi connectivity index (χ2v) is 3.07. The van der Waals surface area contributed by atoms with Gasteiger partial charge in [0.25, 0.3) is 10.1 Å². The van der Waals surface area contributed by atoms with Gasteiger partial charge >= 0.3 is 0 Å². The van der Waals surface area contributed by atoms with Crippen LogP contribution in [0, 0.1) is 0 Å². The molecular formula is C3H6NO5S-. The van der Waals surface area contributed by atoms with Gasteiger partial charge < -0.3 is 15.2 Å². The number of rotatable bonds is 3. The number of nitrogens with one attached hydrogen (secondary N) is 1. The second-order valence-electron chi connectivity index (χ2n) is 1.50. The van der Waals surface area contributed by atoms with E-state index in [-0.39, 0.29) is 6.54 Å². The van der Waals surface area contributed by atoms with Crippen LogP contribution in [0.1, 0.15) is 0 Å². The van der Waals surface area contributed by atoms with Crippen LogP contribution < -0.4 is 10.4 Å². The molecule has 0 unspecified atom stereocenters. The molecule has 0 aromatic heterocycles. The zero-order valence-corrected chi connectivity index (χ0v) is 5.72. The molecule has 1 amide bonds. The van der Waals surface area contributed by atoms with Crippen LogP contribution >= 0.6 is 0 Å². The summed E-state index contributed by atoms with van der Waals surface area (Å²) >= 11 is 0. The first-order valence-electron chi connectivity index (χ1n) is 2.32. The Hall–Kier alpha value is -0.820. The largest absolute Gasteiger partial charge is 0.530 e. The highest BCUT2D eigenvalue weighted by Gasteiger charge is 2.01. The van der Waals surface area contributed by atoms with Gasteiger partial charge in [0.1, 0.15) is 6.09 Å². The first-order chi connectivity index (χ1) is 4.42. The number of carbonyl (C=O) groups excluding carboxylic acids is 1. The summed E-state index contributed by atoms with van der Waals surface area (Å²) in [7, 11) is -4.07. The van der Waals surface area contributed by atoms with Crippen molar-refractivity contribution in [2.45, 2.75) is 0 Å². The molecule has 60 valence electrons. The van der Waals surface area contributed by atoms with E-state index in [0.29, 0.717) is 0 Å². The number of carboxylic acid groups (broad SMARTS) is 1. The van der Waals surface area contributed by atoms with E-state index in [1.807, 2.05) is 0 Å². The van der Waals surface area contributed by atoms with E-state index < -0.39 is 22.0 Å². The SMILES string of the molecule is O=C([O-])NCCS(=O)(=O)O. The standard InChI is InChI=1S/C3H7NO5S/c5-3(6)4-1-2-10(7,8)9/h4H,1-2H2,(H,5,6)(H,7,8,9)/p-1. The Bertz CT molecular complexity index is 207. The summed E-state index contributed by atoms with van der Waals surface area (Å²) < 4.78 is 27.9. The first-order valence-corrected chi connectivity index (χ1v) is 3.93. The fraction of sp³-hybridized carbons (Fsp3) is 0.667. The Morgan fingerprint density at radius 3 is 2.40 bits per heavy atom. The first kappa shape index (κ1) is 9.18. The molecule has 0 radical (unpaired) electrons. The van der Waals surface area contributed by atoms with Gasteiger partial charge in [0.2, 0.25) is 0 Å². The third-order valence-corrected chi connectivity index (χ3v) is 1.35. The fourth-order valence-electron chi connectivity index (χ4n) is 0.282. The third-order valence-electron chi connectivity index (χ3n) is 0.629. The van der Waals surface area contributed by atoms with Crippen LogP contribution in [0.3, 0.4) is 0 Å². The Balaban J connectivity index is 3.49. The monoisotopic (exact) mass is 168 g/mol. The maximum absolute atomic E-state index is 9.91. The Morgan fingerprint density at radius 2 is 2.10 bits per heavy atom. The second kappa shape index (κ2) is 3.37. The lowest BCUT2D eigenvalue weighted by atomic mass is 10.7. The van der Waals surface area contributed by atoms with Gasteiger partial charge in [-0.15, -0.1) is 0 Å². The average molecular weight is 168 g/mol. The van der Waals surface area contributed by atoms with E-state index in [0.717, 1.165) is 0 Å². The van der Waals surface area contributed by atoms with Crippen molar-refractivity contribution in [1.29, 1.82) is 0 Å². The van der Waals surface area contributed by atoms with Gasteiger partial charge in [-0.1, -0.05) is 0 Å². The van der Waals surface area contributed by atoms with Gasteiger partial charge in [0, 0.05) is 6.54 Å². The van der Waals surface area contributed by atoms with Crippen molar-refractivity contribution in [2.75, 3.05) is 12.3 Å². The Kier molecular flexibility index (Phi) is 3.10. The lowest BCUT2D eigenvalue weighted by Gasteiger charge is -2.02. The van der Waals surface area contributed by atoms with Crippen LogP contribution in [0.15, 0.2) is 0 Å². The van der Waals surface area contributed by atoms with Crippen LogP contribution in [-0.2, 0) is 10.1 Å². The van der Waals surface area contributed by atoms with Crippen molar-refractivity contribution >= 4 is 16.2 Å². The summed E-state index contributed by atoms with van der Waals surface area (Å²) in [6, 6.07) is 0. The molecule has 10 heavy (non-hydrogen) atoms. The molecule has 0 aliphatic rings. The van der Waals surface area contributed by atoms with Gasteiger partial charge in [-0.05, 0) is 0 Å². The van der Waals surface area contributed by atoms with E-state index in [9.17, 15) is 18.3 Å². The molecule has 0 fully saturated rings. The van der Waals surface area contributed by atoms with E-state index in [4.69, 9.17) is 4.55 Å². The molecule has 0 spiro atoms. The minimum absolute atomic E-state index is 0.360. The highest BCUT2D eigenvalue weighted by Crippen LogP contribution is 1.77. The van der Waals surface area contributed by atoms with Crippen LogP contribution in [0.5, 0.6) is 0 Å². The predicted molar refractivity (Wildman–Crippen MR) is 29.8 cm³/mol. The van der Waals surface area contributed by atoms with Crippen molar-refractivity contribution in [3.63, 3.8) is 0 Å². The highest BCUT2D eigenvalue weighted by molar-refractivity contribution is 7.85. The molecule has 0 rings (SSSR count). The van der Waals surface area contributed by atoms with Gasteiger partial charge in [0.15, 0.2) is 0 Å². The van der Waals surface area contributed by atoms with Crippen molar-refractivity contribution in [3.05, 3.63) is 0 Å². The summed E-state index contributed by atoms with van der Waals surface area (Å²) in [5.41, 5.74) is 0. The normalized spacial score (nSPS) is 10.9. The summed E-state index contributed by atoms with van der Waals surface area (Å²) in [6.45, 7) is -0.360. The van der Waals surface area contributed by atoms with Gasteiger partial charge in [0.05, 0.1) is 5.75 Å². The molecule has 0 aromatic rings. The van der Waals surface area contributed by atoms with Crippen molar-refractivity contribution in [1.82, 2.24) is 5.32 Å². The molecule has 0 heterocycles. The van der Waals surface area contributed by atoms with Crippen LogP contribution in [0.2, 0.25) is 0 Å². The molecule has 7 heteroatoms. The maximum Gasteiger partial charge on any atom is 0.266 e. The fourth-order valence-corrected chi connectivity index (χ4v) is 0.642. The van der Waals surface area contributed by atoms with Crippen molar-refractivity contribution < 1.29 is 22.9 Å². The highest BCUT2D eigenvalue weighted by atomic mass is 32.2. The van der Waals surface area contributed by atoms with E-state index in [1.165, 1.54) is 0 Å². The topological polar surface area (TPSA) is 107 Å². The Labute approximate surface area is 57.6 Å². The molecule has 0 saturated carbocycles. The number of hydrogen-bond acceptors (Lipinski definition) is 4. The minimum Gasteiger partial charge on any atom is -0.530 e. The summed E-state index contributed by atoms with van der Waals surface area (Å²) in [6.07, 6.45) is -1.57. The van der Waals surface area contributed by atoms with E-state index >= 15 is 0 Å². The van der Waals surface area contributed by atoms with Gasteiger partial charge in [-0.3, -0.25) is 4.55 Å². The Morgan fingerprint density at radius 1 is 1.60 bits per heavy atom. The average Bonchev–Trinajstić information content (AvgIpc) is 1.59. The predicted octanol–water partition coefficient (Wildman–Crippen LogP) is -2.19. The summed E-state index contributed by atoms with van der Waals surface area (Å²) in [5, 5.41) is 11.3. The molecule has 0 aromatic carbocycles. The van der Waals surface area contributed by atoms with Crippen LogP contribution in [-0.4, -0.2) is 31.4 Å². The minimum atomic E-state index is -4.07. The molecular weight excluding hydrogens is 162 g/mol. The van der Waals surface area contributed by atoms with Crippen LogP contribution in [0.25, 0.3) is 0 Å². The van der Waals surface area contributed by atoms with E-state index in [2.05, 4.69) is 0 Å². The molecule has 6 nitrogen and oxygen atoms in total. The maximum atomic E-state index is 9.91. The molecule has 0 atom stereocenters. The number of carbonyl (C=O) groups is 1. The van der Waals surface area contributed by atoms with Crippen LogP contribution in [0.4, 0.5) is 4.79 Å². The zero-order chi connectivity index (χ0) is 8.20. The molecule has 0 bridgehead atoms. The van der Waals surface area contributed by atoms with Gasteiger partial charge in [-0.25, -0.2) is 0 Å². The lowest BCUT2D eigenvalue weighted by molar-refractivity contribution is -0.250. The quantitative estimate of drug-likeness (QED) is 0.465. The third kappa shape index (κ3) is 7.18. The molecule has 0 saturated heterocycles. The molecule has 0 aliphatic carbocycles. The smallest absolute Gasteiger partial charge is 0.266 e. The number of hydrogen-bond donors (Lipinski definition) is 2. The summed E-state index contributed by atoms with van der Waals surface area (Å²) in [5.74, 6) is -0.638. The zero-order valence-electron chi connectivity index (χ0n) is 4.90. The van der Waals surface area contributed by atoms with Crippen molar-refractivity contribution in [3.8, 4) is 0 Å². The molecule has 2 N–H and O–H groups in total. The summed E-state index contributed by atoms with van der Waals surface area (Å²) in [4.78, 5) is 9.59. The van der Waals surface area contributed by atoms with E-state index in [1.54, 1.807) is 5.32 Å². The number of amides is 1. The van der Waals surface area contributed by atoms with Gasteiger partial charge in [-0.2, -0.15) is 8.42 Å². The van der Waals surface area contributed by atoms with Crippen molar-refractivity contribution in [2.24, 2.45) is 0 Å².